The highest BCUT2D eigenvalue weighted by atomic mass is 35.5. The monoisotopic (exact) mass is 553 g/mol. The molecule has 0 fully saturated rings. The van der Waals surface area contributed by atoms with Crippen LogP contribution < -0.4 is 0 Å². The Kier molecular flexibility index (Phi) is 8.68. The van der Waals surface area contributed by atoms with Crippen LogP contribution in [0.3, 0.4) is 0 Å². The molecule has 1 atom stereocenters. The number of ether oxygens (including phenoxy) is 2. The molecule has 0 bridgehead atoms. The Morgan fingerprint density at radius 1 is 0.925 bits per heavy atom. The second-order valence-electron chi connectivity index (χ2n) is 11.9. The first-order chi connectivity index (χ1) is 18.8. The van der Waals surface area contributed by atoms with Crippen LogP contribution >= 0.6 is 11.6 Å². The fourth-order valence-electron chi connectivity index (χ4n) is 4.46. The number of benzene rings is 3. The Hall–Kier alpha value is -3.65. The van der Waals surface area contributed by atoms with Gasteiger partial charge in [0.2, 0.25) is 0 Å². The first-order valence-electron chi connectivity index (χ1n) is 13.4. The zero-order valence-corrected chi connectivity index (χ0v) is 25.0. The van der Waals surface area contributed by atoms with Crippen molar-refractivity contribution in [2.24, 2.45) is 5.41 Å². The minimum Gasteiger partial charge on any atom is -0.462 e. The van der Waals surface area contributed by atoms with Gasteiger partial charge in [0.05, 0.1) is 16.5 Å². The van der Waals surface area contributed by atoms with Gasteiger partial charge < -0.3 is 9.47 Å². The van der Waals surface area contributed by atoms with Gasteiger partial charge in [-0.3, -0.25) is 4.79 Å². The lowest BCUT2D eigenvalue weighted by Gasteiger charge is -2.31. The van der Waals surface area contributed by atoms with Gasteiger partial charge in [-0.2, -0.15) is 0 Å². The predicted molar refractivity (Wildman–Crippen MR) is 163 cm³/mol. The van der Waals surface area contributed by atoms with Gasteiger partial charge in [-0.1, -0.05) is 47.9 Å². The van der Waals surface area contributed by atoms with E-state index >= 15 is 0 Å². The fourth-order valence-corrected chi connectivity index (χ4v) is 4.59. The first kappa shape index (κ1) is 29.3. The number of hydrogen-bond acceptors (Lipinski definition) is 4. The number of esters is 1. The lowest BCUT2D eigenvalue weighted by molar-refractivity contribution is -0.162. The van der Waals surface area contributed by atoms with E-state index in [-0.39, 0.29) is 12.6 Å². The highest BCUT2D eigenvalue weighted by molar-refractivity contribution is 6.30. The number of aromatic nitrogens is 1. The minimum atomic E-state index is -0.620. The van der Waals surface area contributed by atoms with Crippen LogP contribution in [0.1, 0.15) is 70.0 Å². The molecule has 0 amide bonds. The number of halogens is 1. The number of hydrogen-bond donors (Lipinski definition) is 0. The molecule has 3 aromatic carbocycles. The summed E-state index contributed by atoms with van der Waals surface area (Å²) in [4.78, 5) is 17.7. The molecule has 0 radical (unpaired) electrons. The Bertz CT molecular complexity index is 1570. The summed E-state index contributed by atoms with van der Waals surface area (Å²) in [5.74, 6) is 6.11. The molecule has 1 unspecified atom stereocenters. The van der Waals surface area contributed by atoms with Crippen molar-refractivity contribution in [3.63, 3.8) is 0 Å². The maximum atomic E-state index is 12.7. The topological polar surface area (TPSA) is 48.4 Å². The van der Waals surface area contributed by atoms with Gasteiger partial charge in [0.15, 0.2) is 0 Å². The number of aryl methyl sites for hydroxylation is 1. The van der Waals surface area contributed by atoms with Crippen LogP contribution in [0, 0.1) is 24.2 Å². The highest BCUT2D eigenvalue weighted by Crippen LogP contribution is 2.40. The summed E-state index contributed by atoms with van der Waals surface area (Å²) in [6.45, 7) is 13.7. The van der Waals surface area contributed by atoms with Crippen LogP contribution in [-0.4, -0.2) is 23.2 Å². The Labute approximate surface area is 242 Å². The van der Waals surface area contributed by atoms with E-state index in [2.05, 4.69) is 24.0 Å². The molecule has 0 saturated heterocycles. The van der Waals surface area contributed by atoms with Gasteiger partial charge in [0.25, 0.3) is 0 Å². The second kappa shape index (κ2) is 11.8. The average molecular weight is 554 g/mol. The molecule has 0 spiro atoms. The normalized spacial score (nSPS) is 12.5. The molecule has 0 aliphatic rings. The quantitative estimate of drug-likeness (QED) is 0.183. The number of fused-ring (bicyclic) bond motifs is 1. The lowest BCUT2D eigenvalue weighted by atomic mass is 9.88. The summed E-state index contributed by atoms with van der Waals surface area (Å²) in [5.41, 5.74) is 5.24. The van der Waals surface area contributed by atoms with Gasteiger partial charge in [0.1, 0.15) is 18.4 Å². The SMILES string of the molecule is Cc1cc2nc(C#Cc3ccccc3)ccc2c(-c2ccc(Cl)cc2)c1C(COC(=O)C(C)(C)C)OC(C)(C)C. The third-order valence-corrected chi connectivity index (χ3v) is 6.53. The number of carbonyl (C=O) groups excluding carboxylic acids is 1. The van der Waals surface area contributed by atoms with E-state index in [1.165, 1.54) is 0 Å². The van der Waals surface area contributed by atoms with Crippen LogP contribution in [0.5, 0.6) is 0 Å². The lowest BCUT2D eigenvalue weighted by Crippen LogP contribution is -2.30. The van der Waals surface area contributed by atoms with Crippen molar-refractivity contribution >= 4 is 28.5 Å². The molecule has 0 aliphatic heterocycles. The van der Waals surface area contributed by atoms with Crippen molar-refractivity contribution in [2.45, 2.75) is 60.2 Å². The molecule has 4 aromatic rings. The van der Waals surface area contributed by atoms with Gasteiger partial charge in [-0.05, 0) is 119 Å². The number of rotatable bonds is 5. The van der Waals surface area contributed by atoms with Crippen molar-refractivity contribution in [3.8, 4) is 23.0 Å². The van der Waals surface area contributed by atoms with Gasteiger partial charge in [0, 0.05) is 16.0 Å². The van der Waals surface area contributed by atoms with Crippen LogP contribution in [0.25, 0.3) is 22.0 Å². The highest BCUT2D eigenvalue weighted by Gasteiger charge is 2.30. The van der Waals surface area contributed by atoms with Crippen LogP contribution in [0.15, 0.2) is 72.8 Å². The molecule has 5 heteroatoms. The van der Waals surface area contributed by atoms with Crippen molar-refractivity contribution in [1.29, 1.82) is 0 Å². The van der Waals surface area contributed by atoms with Crippen molar-refractivity contribution in [2.75, 3.05) is 6.61 Å². The molecule has 1 heterocycles. The zero-order valence-electron chi connectivity index (χ0n) is 24.3. The van der Waals surface area contributed by atoms with E-state index < -0.39 is 17.1 Å². The summed E-state index contributed by atoms with van der Waals surface area (Å²) >= 11 is 6.26. The molecule has 0 N–H and O–H groups in total. The molecule has 206 valence electrons. The standard InChI is InChI=1S/C35H36ClNO3/c1-23-21-29-28(20-19-27(37-29)18-13-24-11-9-8-10-12-24)32(25-14-16-26(36)17-15-25)31(23)30(40-35(5,6)7)22-39-33(38)34(2,3)4/h8-12,14-17,19-21,30H,22H2,1-7H3. The fraction of sp³-hybridized carbons (Fsp3) is 0.314. The maximum Gasteiger partial charge on any atom is 0.311 e. The van der Waals surface area contributed by atoms with Gasteiger partial charge in [-0.15, -0.1) is 0 Å². The van der Waals surface area contributed by atoms with Crippen molar-refractivity contribution in [1.82, 2.24) is 4.98 Å². The number of pyridine rings is 1. The van der Waals surface area contributed by atoms with E-state index in [0.29, 0.717) is 10.7 Å². The first-order valence-corrected chi connectivity index (χ1v) is 13.8. The van der Waals surface area contributed by atoms with Gasteiger partial charge >= 0.3 is 5.97 Å². The summed E-state index contributed by atoms with van der Waals surface area (Å²) in [7, 11) is 0. The number of carbonyl (C=O) groups is 1. The predicted octanol–water partition coefficient (Wildman–Crippen LogP) is 8.71. The molecular formula is C35H36ClNO3. The summed E-state index contributed by atoms with van der Waals surface area (Å²) < 4.78 is 12.4. The van der Waals surface area contributed by atoms with Crippen molar-refractivity contribution in [3.05, 3.63) is 100 Å². The molecule has 4 rings (SSSR count). The largest absolute Gasteiger partial charge is 0.462 e. The van der Waals surface area contributed by atoms with E-state index in [4.69, 9.17) is 26.1 Å². The van der Waals surface area contributed by atoms with E-state index in [0.717, 1.165) is 38.7 Å². The summed E-state index contributed by atoms with van der Waals surface area (Å²) in [6.07, 6.45) is -0.501. The third kappa shape index (κ3) is 7.30. The molecule has 4 nitrogen and oxygen atoms in total. The minimum absolute atomic E-state index is 0.0916. The third-order valence-electron chi connectivity index (χ3n) is 6.28. The number of nitrogens with zero attached hydrogens (tertiary/aromatic N) is 1. The smallest absolute Gasteiger partial charge is 0.311 e. The molecule has 1 aromatic heterocycles. The Morgan fingerprint density at radius 2 is 1.60 bits per heavy atom. The van der Waals surface area contributed by atoms with Crippen LogP contribution in [0.2, 0.25) is 5.02 Å². The summed E-state index contributed by atoms with van der Waals surface area (Å²) in [5, 5.41) is 1.61. The second-order valence-corrected chi connectivity index (χ2v) is 12.4. The molecule has 0 aliphatic carbocycles. The maximum absolute atomic E-state index is 12.7. The van der Waals surface area contributed by atoms with Crippen molar-refractivity contribution < 1.29 is 14.3 Å². The molecule has 40 heavy (non-hydrogen) atoms. The van der Waals surface area contributed by atoms with Gasteiger partial charge in [-0.25, -0.2) is 4.98 Å². The van der Waals surface area contributed by atoms with Crippen LogP contribution in [0.4, 0.5) is 0 Å². The Morgan fingerprint density at radius 3 is 2.23 bits per heavy atom. The Balaban J connectivity index is 1.89. The molecule has 0 saturated carbocycles. The zero-order chi connectivity index (χ0) is 29.1. The van der Waals surface area contributed by atoms with E-state index in [9.17, 15) is 4.79 Å². The summed E-state index contributed by atoms with van der Waals surface area (Å²) in [6, 6.07) is 23.7. The molecular weight excluding hydrogens is 518 g/mol. The average Bonchev–Trinajstić information content (AvgIpc) is 2.89. The van der Waals surface area contributed by atoms with Crippen LogP contribution in [-0.2, 0) is 14.3 Å². The van der Waals surface area contributed by atoms with E-state index in [1.807, 2.05) is 109 Å². The van der Waals surface area contributed by atoms with E-state index in [1.54, 1.807) is 0 Å².